The van der Waals surface area contributed by atoms with Crippen LogP contribution in [0.15, 0.2) is 48.5 Å². The average molecular weight is 509 g/mol. The van der Waals surface area contributed by atoms with Crippen LogP contribution in [0.1, 0.15) is 40.4 Å². The Morgan fingerprint density at radius 2 is 1.38 bits per heavy atom. The van der Waals surface area contributed by atoms with E-state index in [2.05, 4.69) is 28.9 Å². The molecule has 0 saturated heterocycles. The monoisotopic (exact) mass is 508 g/mol. The van der Waals surface area contributed by atoms with Gasteiger partial charge in [-0.2, -0.15) is 0 Å². The smallest absolute Gasteiger partial charge is 0.254 e. The molecule has 1 amide bonds. The quantitative estimate of drug-likeness (QED) is 0.309. The second-order valence-corrected chi connectivity index (χ2v) is 8.55. The van der Waals surface area contributed by atoms with Crippen LogP contribution in [0.4, 0.5) is 0 Å². The van der Waals surface area contributed by atoms with Crippen molar-refractivity contribution in [3.63, 3.8) is 0 Å². The van der Waals surface area contributed by atoms with Gasteiger partial charge in [-0.05, 0) is 42.0 Å². The van der Waals surface area contributed by atoms with Crippen LogP contribution in [0, 0.1) is 11.8 Å². The van der Waals surface area contributed by atoms with Crippen molar-refractivity contribution in [2.75, 3.05) is 54.2 Å². The van der Waals surface area contributed by atoms with E-state index in [1.807, 2.05) is 12.1 Å². The largest absolute Gasteiger partial charge is 0.388 e. The average Bonchev–Trinajstić information content (AvgIpc) is 2.93. The van der Waals surface area contributed by atoms with E-state index in [1.54, 1.807) is 45.4 Å². The van der Waals surface area contributed by atoms with Crippen molar-refractivity contribution < 1.29 is 29.0 Å². The molecule has 0 radical (unpaired) electrons. The van der Waals surface area contributed by atoms with Crippen LogP contribution >= 0.6 is 0 Å². The molecular formula is C29H36N2O6. The standard InChI is InChI=1S/C29H36N2O6/c1-5-26(33)28(27(34)21-32)30(2)29(35)25-14-12-23(13-15-25)7-6-22-8-10-24(11-9-22)20-31(16-18-36-3)17-19-37-4/h8-15,28,32H,5,16-21H2,1-4H3. The number of carbonyl (C=O) groups excluding carboxylic acids is 3. The van der Waals surface area contributed by atoms with E-state index >= 15 is 0 Å². The molecule has 0 bridgehead atoms. The number of hydrogen-bond acceptors (Lipinski definition) is 7. The highest BCUT2D eigenvalue weighted by molar-refractivity contribution is 6.10. The van der Waals surface area contributed by atoms with Gasteiger partial charge in [0.2, 0.25) is 0 Å². The number of likely N-dealkylation sites (N-methyl/N-ethyl adjacent to an activating group) is 1. The van der Waals surface area contributed by atoms with E-state index < -0.39 is 30.1 Å². The number of aliphatic hydroxyl groups is 1. The number of ether oxygens (including phenoxy) is 2. The summed E-state index contributed by atoms with van der Waals surface area (Å²) in [6.07, 6.45) is 0.0867. The normalized spacial score (nSPS) is 11.5. The Balaban J connectivity index is 2.06. The van der Waals surface area contributed by atoms with Crippen LogP contribution in [0.3, 0.4) is 0 Å². The van der Waals surface area contributed by atoms with Crippen molar-refractivity contribution >= 4 is 17.5 Å². The molecule has 0 saturated carbocycles. The number of Topliss-reactive ketones (excluding diaryl/α,β-unsaturated/α-hetero) is 2. The molecular weight excluding hydrogens is 472 g/mol. The Hall–Kier alpha value is -3.35. The molecule has 1 N–H and O–H groups in total. The first-order valence-corrected chi connectivity index (χ1v) is 12.2. The van der Waals surface area contributed by atoms with Crippen LogP contribution in [0.25, 0.3) is 0 Å². The molecule has 37 heavy (non-hydrogen) atoms. The van der Waals surface area contributed by atoms with E-state index in [9.17, 15) is 19.5 Å². The fraction of sp³-hybridized carbons (Fsp3) is 0.414. The van der Waals surface area contributed by atoms with Gasteiger partial charge in [0.25, 0.3) is 5.91 Å². The summed E-state index contributed by atoms with van der Waals surface area (Å²) in [5, 5.41) is 9.19. The predicted molar refractivity (Wildman–Crippen MR) is 141 cm³/mol. The number of rotatable bonds is 14. The molecule has 2 aromatic carbocycles. The number of hydrogen-bond donors (Lipinski definition) is 1. The minimum atomic E-state index is -1.29. The third kappa shape index (κ3) is 9.23. The van der Waals surface area contributed by atoms with Gasteiger partial charge in [-0.1, -0.05) is 30.9 Å². The molecule has 0 aliphatic rings. The van der Waals surface area contributed by atoms with Gasteiger partial charge in [0.1, 0.15) is 6.61 Å². The maximum atomic E-state index is 12.8. The molecule has 0 aliphatic carbocycles. The maximum Gasteiger partial charge on any atom is 0.254 e. The molecule has 8 nitrogen and oxygen atoms in total. The third-order valence-corrected chi connectivity index (χ3v) is 5.89. The lowest BCUT2D eigenvalue weighted by Gasteiger charge is -2.25. The molecule has 2 aromatic rings. The first-order valence-electron chi connectivity index (χ1n) is 12.2. The molecule has 198 valence electrons. The Morgan fingerprint density at radius 3 is 1.84 bits per heavy atom. The number of carbonyl (C=O) groups is 3. The van der Waals surface area contributed by atoms with E-state index in [1.165, 1.54) is 12.6 Å². The second kappa shape index (κ2) is 15.7. The highest BCUT2D eigenvalue weighted by Crippen LogP contribution is 2.12. The number of ketones is 2. The molecule has 0 heterocycles. The SMILES string of the molecule is CCC(=O)C(C(=O)CO)N(C)C(=O)c1ccc(C#Cc2ccc(CN(CCOC)CCOC)cc2)cc1. The summed E-state index contributed by atoms with van der Waals surface area (Å²) in [5.41, 5.74) is 3.08. The van der Waals surface area contributed by atoms with Crippen LogP contribution in [-0.2, 0) is 25.6 Å². The second-order valence-electron chi connectivity index (χ2n) is 8.55. The molecule has 2 rings (SSSR count). The van der Waals surface area contributed by atoms with Crippen molar-refractivity contribution in [2.45, 2.75) is 25.9 Å². The highest BCUT2D eigenvalue weighted by atomic mass is 16.5. The summed E-state index contributed by atoms with van der Waals surface area (Å²) in [5.74, 6) is 4.63. The van der Waals surface area contributed by atoms with Crippen LogP contribution < -0.4 is 0 Å². The van der Waals surface area contributed by atoms with Gasteiger partial charge in [0, 0.05) is 64.0 Å². The topological polar surface area (TPSA) is 96.4 Å². The fourth-order valence-electron chi connectivity index (χ4n) is 3.72. The van der Waals surface area contributed by atoms with E-state index in [4.69, 9.17) is 9.47 Å². The minimum absolute atomic E-state index is 0.0867. The zero-order chi connectivity index (χ0) is 27.2. The first-order chi connectivity index (χ1) is 17.8. The molecule has 0 aromatic heterocycles. The lowest BCUT2D eigenvalue weighted by molar-refractivity contribution is -0.134. The van der Waals surface area contributed by atoms with Crippen LogP contribution in [0.2, 0.25) is 0 Å². The summed E-state index contributed by atoms with van der Waals surface area (Å²) < 4.78 is 10.4. The van der Waals surface area contributed by atoms with Crippen molar-refractivity contribution in [1.82, 2.24) is 9.80 Å². The summed E-state index contributed by atoms with van der Waals surface area (Å²) in [6, 6.07) is 13.4. The lowest BCUT2D eigenvalue weighted by atomic mass is 10.0. The molecule has 8 heteroatoms. The molecule has 1 unspecified atom stereocenters. The summed E-state index contributed by atoms with van der Waals surface area (Å²) in [4.78, 5) is 40.4. The van der Waals surface area contributed by atoms with Gasteiger partial charge in [0.05, 0.1) is 13.2 Å². The highest BCUT2D eigenvalue weighted by Gasteiger charge is 2.32. The van der Waals surface area contributed by atoms with Gasteiger partial charge in [0.15, 0.2) is 17.6 Å². The van der Waals surface area contributed by atoms with Crippen LogP contribution in [0.5, 0.6) is 0 Å². The van der Waals surface area contributed by atoms with E-state index in [-0.39, 0.29) is 6.42 Å². The summed E-state index contributed by atoms with van der Waals surface area (Å²) in [7, 11) is 4.77. The first kappa shape index (κ1) is 29.9. The van der Waals surface area contributed by atoms with Crippen molar-refractivity contribution in [3.8, 4) is 11.8 Å². The Kier molecular flexibility index (Phi) is 12.7. The zero-order valence-corrected chi connectivity index (χ0v) is 22.0. The van der Waals surface area contributed by atoms with Gasteiger partial charge < -0.3 is 19.5 Å². The molecule has 0 spiro atoms. The Labute approximate surface area is 219 Å². The number of nitrogens with zero attached hydrogens (tertiary/aromatic N) is 2. The number of amides is 1. The van der Waals surface area contributed by atoms with Crippen molar-refractivity contribution in [1.29, 1.82) is 0 Å². The van der Waals surface area contributed by atoms with E-state index in [0.717, 1.165) is 35.7 Å². The third-order valence-electron chi connectivity index (χ3n) is 5.89. The van der Waals surface area contributed by atoms with Gasteiger partial charge in [-0.25, -0.2) is 0 Å². The predicted octanol–water partition coefficient (Wildman–Crippen LogP) is 2.16. The number of methoxy groups -OCH3 is 2. The van der Waals surface area contributed by atoms with Gasteiger partial charge >= 0.3 is 0 Å². The zero-order valence-electron chi connectivity index (χ0n) is 22.0. The molecule has 1 atom stereocenters. The van der Waals surface area contributed by atoms with Gasteiger partial charge in [-0.3, -0.25) is 19.3 Å². The van der Waals surface area contributed by atoms with Crippen molar-refractivity contribution in [2.24, 2.45) is 0 Å². The maximum absolute atomic E-state index is 12.8. The Bertz CT molecular complexity index is 1060. The Morgan fingerprint density at radius 1 is 0.865 bits per heavy atom. The van der Waals surface area contributed by atoms with E-state index in [0.29, 0.717) is 18.8 Å². The molecule has 0 fully saturated rings. The molecule has 0 aliphatic heterocycles. The van der Waals surface area contributed by atoms with Gasteiger partial charge in [-0.15, -0.1) is 0 Å². The summed E-state index contributed by atoms with van der Waals surface area (Å²) in [6.45, 7) is 4.56. The lowest BCUT2D eigenvalue weighted by Crippen LogP contribution is -2.48. The van der Waals surface area contributed by atoms with Crippen molar-refractivity contribution in [3.05, 3.63) is 70.8 Å². The number of aliphatic hydroxyl groups excluding tert-OH is 1. The van der Waals surface area contributed by atoms with Crippen LogP contribution in [-0.4, -0.2) is 92.6 Å². The summed E-state index contributed by atoms with van der Waals surface area (Å²) >= 11 is 0. The number of benzene rings is 2. The fourth-order valence-corrected chi connectivity index (χ4v) is 3.72. The minimum Gasteiger partial charge on any atom is -0.388 e.